The van der Waals surface area contributed by atoms with Crippen molar-refractivity contribution < 1.29 is 32.2 Å². The van der Waals surface area contributed by atoms with Crippen LogP contribution in [-0.4, -0.2) is 34.9 Å². The van der Waals surface area contributed by atoms with Crippen LogP contribution in [0.2, 0.25) is 0 Å². The molecule has 3 rings (SSSR count). The molecule has 2 aromatic rings. The van der Waals surface area contributed by atoms with Crippen molar-refractivity contribution in [2.24, 2.45) is 0 Å². The minimum Gasteiger partial charge on any atom is -0.482 e. The van der Waals surface area contributed by atoms with Gasteiger partial charge in [0.15, 0.2) is 18.1 Å². The molecule has 8 nitrogen and oxygen atoms in total. The number of rotatable bonds is 6. The lowest BCUT2D eigenvalue weighted by Crippen LogP contribution is -2.15. The molecule has 0 aliphatic carbocycles. The van der Waals surface area contributed by atoms with Gasteiger partial charge in [-0.15, -0.1) is 0 Å². The van der Waals surface area contributed by atoms with Gasteiger partial charge in [0.1, 0.15) is 5.75 Å². The Morgan fingerprint density at radius 1 is 1.15 bits per heavy atom. The second-order valence-electron chi connectivity index (χ2n) is 5.47. The summed E-state index contributed by atoms with van der Waals surface area (Å²) >= 11 is 0. The summed E-state index contributed by atoms with van der Waals surface area (Å²) in [6.45, 7) is 1.54. The van der Waals surface area contributed by atoms with Gasteiger partial charge in [-0.05, 0) is 42.8 Å². The maximum absolute atomic E-state index is 12.6. The number of carbonyl (C=O) groups excluding carboxylic acids is 1. The Morgan fingerprint density at radius 3 is 2.65 bits per heavy atom. The summed E-state index contributed by atoms with van der Waals surface area (Å²) in [6, 6.07) is 9.13. The third-order valence-electron chi connectivity index (χ3n) is 3.65. The van der Waals surface area contributed by atoms with Crippen LogP contribution >= 0.6 is 0 Å². The van der Waals surface area contributed by atoms with E-state index in [9.17, 15) is 13.2 Å². The molecule has 0 radical (unpaired) electrons. The van der Waals surface area contributed by atoms with Crippen molar-refractivity contribution in [1.82, 2.24) is 0 Å². The molecule has 0 atom stereocenters. The molecule has 2 aromatic carbocycles. The third kappa shape index (κ3) is 3.83. The molecule has 0 unspecified atom stereocenters. The quantitative estimate of drug-likeness (QED) is 0.767. The van der Waals surface area contributed by atoms with E-state index in [4.69, 9.17) is 14.2 Å². The van der Waals surface area contributed by atoms with Crippen LogP contribution in [0.5, 0.6) is 17.2 Å². The number of fused-ring (bicyclic) bond motifs is 1. The largest absolute Gasteiger partial charge is 0.482 e. The van der Waals surface area contributed by atoms with Gasteiger partial charge >= 0.3 is 5.97 Å². The molecule has 0 saturated carbocycles. The average molecular weight is 379 g/mol. The first kappa shape index (κ1) is 17.9. The minimum absolute atomic E-state index is 0.0677. The van der Waals surface area contributed by atoms with Gasteiger partial charge in [0, 0.05) is 6.07 Å². The van der Waals surface area contributed by atoms with E-state index in [1.165, 1.54) is 25.3 Å². The van der Waals surface area contributed by atoms with Gasteiger partial charge < -0.3 is 18.9 Å². The van der Waals surface area contributed by atoms with E-state index < -0.39 is 16.0 Å². The first-order valence-corrected chi connectivity index (χ1v) is 9.10. The normalized spacial score (nSPS) is 12.5. The predicted molar refractivity (Wildman–Crippen MR) is 92.1 cm³/mol. The average Bonchev–Trinajstić information content (AvgIpc) is 3.07. The fourth-order valence-electron chi connectivity index (χ4n) is 2.32. The van der Waals surface area contributed by atoms with Crippen LogP contribution in [0.25, 0.3) is 0 Å². The number of esters is 1. The van der Waals surface area contributed by atoms with Crippen LogP contribution in [0.1, 0.15) is 5.56 Å². The van der Waals surface area contributed by atoms with Crippen molar-refractivity contribution in [2.75, 3.05) is 25.2 Å². The van der Waals surface area contributed by atoms with Crippen LogP contribution in [-0.2, 0) is 19.6 Å². The van der Waals surface area contributed by atoms with Crippen LogP contribution in [0, 0.1) is 6.92 Å². The lowest BCUT2D eigenvalue weighted by atomic mass is 10.2. The minimum atomic E-state index is -3.80. The molecule has 0 bridgehead atoms. The standard InChI is InChI=1S/C17H17NO7S/c1-11-7-13(4-6-14(11)23-9-17(19)22-2)26(20,21)18-12-3-5-15-16(8-12)25-10-24-15/h3-8,18H,9-10H2,1-2H3. The summed E-state index contributed by atoms with van der Waals surface area (Å²) < 4.78 is 47.9. The van der Waals surface area contributed by atoms with Gasteiger partial charge in [-0.1, -0.05) is 0 Å². The zero-order valence-corrected chi connectivity index (χ0v) is 15.0. The molecule has 0 fully saturated rings. The predicted octanol–water partition coefficient (Wildman–Crippen LogP) is 2.08. The molecular weight excluding hydrogens is 362 g/mol. The number of hydrogen-bond donors (Lipinski definition) is 1. The molecule has 138 valence electrons. The Hall–Kier alpha value is -2.94. The van der Waals surface area contributed by atoms with E-state index in [2.05, 4.69) is 9.46 Å². The van der Waals surface area contributed by atoms with Crippen LogP contribution in [0.4, 0.5) is 5.69 Å². The maximum Gasteiger partial charge on any atom is 0.343 e. The molecule has 1 aliphatic rings. The Balaban J connectivity index is 1.76. The number of anilines is 1. The Bertz CT molecular complexity index is 940. The second-order valence-corrected chi connectivity index (χ2v) is 7.15. The van der Waals surface area contributed by atoms with Crippen molar-refractivity contribution in [1.29, 1.82) is 0 Å². The molecule has 1 N–H and O–H groups in total. The van der Waals surface area contributed by atoms with E-state index in [1.807, 2.05) is 0 Å². The molecule has 0 aromatic heterocycles. The highest BCUT2D eigenvalue weighted by atomic mass is 32.2. The number of aryl methyl sites for hydroxylation is 1. The number of hydrogen-bond acceptors (Lipinski definition) is 7. The molecule has 1 aliphatic heterocycles. The SMILES string of the molecule is COC(=O)COc1ccc(S(=O)(=O)Nc2ccc3c(c2)OCO3)cc1C. The fourth-order valence-corrected chi connectivity index (χ4v) is 3.45. The molecule has 0 amide bonds. The molecule has 0 spiro atoms. The number of methoxy groups -OCH3 is 1. The summed E-state index contributed by atoms with van der Waals surface area (Å²) in [6.07, 6.45) is 0. The van der Waals surface area contributed by atoms with Gasteiger partial charge in [-0.2, -0.15) is 0 Å². The van der Waals surface area contributed by atoms with Gasteiger partial charge in [-0.25, -0.2) is 13.2 Å². The number of benzene rings is 2. The zero-order valence-electron chi connectivity index (χ0n) is 14.1. The van der Waals surface area contributed by atoms with Crippen molar-refractivity contribution in [3.63, 3.8) is 0 Å². The van der Waals surface area contributed by atoms with Crippen molar-refractivity contribution in [3.05, 3.63) is 42.0 Å². The molecular formula is C17H17NO7S. The van der Waals surface area contributed by atoms with Crippen LogP contribution in [0.3, 0.4) is 0 Å². The Labute approximate surface area is 150 Å². The summed E-state index contributed by atoms with van der Waals surface area (Å²) in [5, 5.41) is 0. The monoisotopic (exact) mass is 379 g/mol. The summed E-state index contributed by atoms with van der Waals surface area (Å²) in [5.41, 5.74) is 0.931. The molecule has 1 heterocycles. The Morgan fingerprint density at radius 2 is 1.92 bits per heavy atom. The van der Waals surface area contributed by atoms with Gasteiger partial charge in [0.2, 0.25) is 6.79 Å². The second kappa shape index (κ2) is 7.12. The first-order valence-electron chi connectivity index (χ1n) is 7.62. The highest BCUT2D eigenvalue weighted by Gasteiger charge is 2.19. The highest BCUT2D eigenvalue weighted by Crippen LogP contribution is 2.35. The van der Waals surface area contributed by atoms with E-state index in [-0.39, 0.29) is 18.3 Å². The number of nitrogens with one attached hydrogen (secondary N) is 1. The van der Waals surface area contributed by atoms with E-state index in [1.54, 1.807) is 25.1 Å². The van der Waals surface area contributed by atoms with Gasteiger partial charge in [0.25, 0.3) is 10.0 Å². The molecule has 0 saturated heterocycles. The van der Waals surface area contributed by atoms with Crippen molar-refractivity contribution in [3.8, 4) is 17.2 Å². The number of sulfonamides is 1. The van der Waals surface area contributed by atoms with Crippen LogP contribution < -0.4 is 18.9 Å². The topological polar surface area (TPSA) is 100 Å². The lowest BCUT2D eigenvalue weighted by molar-refractivity contribution is -0.142. The zero-order chi connectivity index (χ0) is 18.7. The summed E-state index contributed by atoms with van der Waals surface area (Å²) in [7, 11) is -2.54. The highest BCUT2D eigenvalue weighted by molar-refractivity contribution is 7.92. The van der Waals surface area contributed by atoms with E-state index in [0.717, 1.165) is 0 Å². The summed E-state index contributed by atoms with van der Waals surface area (Å²) in [5.74, 6) is 0.923. The van der Waals surface area contributed by atoms with Crippen LogP contribution in [0.15, 0.2) is 41.3 Å². The first-order chi connectivity index (χ1) is 12.4. The molecule has 26 heavy (non-hydrogen) atoms. The Kier molecular flexibility index (Phi) is 4.90. The van der Waals surface area contributed by atoms with Crippen molar-refractivity contribution in [2.45, 2.75) is 11.8 Å². The smallest absolute Gasteiger partial charge is 0.343 e. The number of carbonyl (C=O) groups is 1. The maximum atomic E-state index is 12.6. The van der Waals surface area contributed by atoms with E-state index >= 15 is 0 Å². The lowest BCUT2D eigenvalue weighted by Gasteiger charge is -2.12. The van der Waals surface area contributed by atoms with Gasteiger partial charge in [-0.3, -0.25) is 4.72 Å². The third-order valence-corrected chi connectivity index (χ3v) is 5.03. The van der Waals surface area contributed by atoms with Crippen molar-refractivity contribution >= 4 is 21.7 Å². The fraction of sp³-hybridized carbons (Fsp3) is 0.235. The summed E-state index contributed by atoms with van der Waals surface area (Å²) in [4.78, 5) is 11.2. The molecule has 9 heteroatoms. The van der Waals surface area contributed by atoms with Gasteiger partial charge in [0.05, 0.1) is 17.7 Å². The number of ether oxygens (including phenoxy) is 4. The van der Waals surface area contributed by atoms with E-state index in [0.29, 0.717) is 28.5 Å².